The minimum atomic E-state index is -4.11. The molecule has 0 heterocycles. The first kappa shape index (κ1) is 13.8. The van der Waals surface area contributed by atoms with Gasteiger partial charge in [0, 0.05) is 18.7 Å². The molecule has 0 saturated carbocycles. The maximum atomic E-state index is 11.9. The van der Waals surface area contributed by atoms with E-state index in [2.05, 4.69) is 0 Å². The van der Waals surface area contributed by atoms with Crippen LogP contribution in [0.25, 0.3) is 0 Å². The predicted molar refractivity (Wildman–Crippen MR) is 60.5 cm³/mol. The molecule has 0 aliphatic heterocycles. The molecule has 1 atom stereocenters. The van der Waals surface area contributed by atoms with Crippen molar-refractivity contribution in [2.24, 2.45) is 0 Å². The van der Waals surface area contributed by atoms with Crippen LogP contribution in [-0.2, 0) is 4.74 Å². The first-order chi connectivity index (χ1) is 7.88. The van der Waals surface area contributed by atoms with Crippen LogP contribution in [0.15, 0.2) is 24.3 Å². The lowest BCUT2D eigenvalue weighted by Crippen LogP contribution is -2.10. The van der Waals surface area contributed by atoms with E-state index >= 15 is 0 Å². The molecule has 0 radical (unpaired) electrons. The van der Waals surface area contributed by atoms with Crippen molar-refractivity contribution in [2.45, 2.75) is 32.0 Å². The van der Waals surface area contributed by atoms with Gasteiger partial charge in [0.05, 0.1) is 6.10 Å². The van der Waals surface area contributed by atoms with Crippen molar-refractivity contribution in [2.75, 3.05) is 12.3 Å². The molecule has 17 heavy (non-hydrogen) atoms. The lowest BCUT2D eigenvalue weighted by atomic mass is 10.1. The van der Waals surface area contributed by atoms with Crippen molar-refractivity contribution < 1.29 is 17.9 Å². The molecule has 2 N–H and O–H groups in total. The normalized spacial score (nSPS) is 13.6. The van der Waals surface area contributed by atoms with Crippen LogP contribution in [0, 0.1) is 0 Å². The van der Waals surface area contributed by atoms with Crippen molar-refractivity contribution in [3.63, 3.8) is 0 Å². The van der Waals surface area contributed by atoms with E-state index in [4.69, 9.17) is 10.5 Å². The number of rotatable bonds is 5. The predicted octanol–water partition coefficient (Wildman–Crippen LogP) is 3.69. The van der Waals surface area contributed by atoms with Crippen LogP contribution < -0.4 is 5.73 Å². The van der Waals surface area contributed by atoms with E-state index in [0.29, 0.717) is 5.69 Å². The van der Waals surface area contributed by atoms with Gasteiger partial charge in [-0.25, -0.2) is 0 Å². The first-order valence-corrected chi connectivity index (χ1v) is 5.42. The minimum absolute atomic E-state index is 0.0177. The Morgan fingerprint density at radius 2 is 2.06 bits per heavy atom. The van der Waals surface area contributed by atoms with Gasteiger partial charge in [-0.05, 0) is 31.0 Å². The number of alkyl halides is 3. The van der Waals surface area contributed by atoms with Crippen LogP contribution in [-0.4, -0.2) is 12.8 Å². The van der Waals surface area contributed by atoms with Crippen LogP contribution in [0.4, 0.5) is 18.9 Å². The van der Waals surface area contributed by atoms with Gasteiger partial charge in [-0.3, -0.25) is 0 Å². The monoisotopic (exact) mass is 247 g/mol. The zero-order valence-corrected chi connectivity index (χ0v) is 9.63. The molecular weight excluding hydrogens is 231 g/mol. The second-order valence-electron chi connectivity index (χ2n) is 3.90. The van der Waals surface area contributed by atoms with Gasteiger partial charge in [0.2, 0.25) is 0 Å². The fourth-order valence-corrected chi connectivity index (χ4v) is 1.44. The molecule has 0 aromatic heterocycles. The average molecular weight is 247 g/mol. The van der Waals surface area contributed by atoms with Crippen molar-refractivity contribution >= 4 is 5.69 Å². The van der Waals surface area contributed by atoms with Gasteiger partial charge in [0.15, 0.2) is 0 Å². The Labute approximate surface area is 98.6 Å². The van der Waals surface area contributed by atoms with E-state index in [1.165, 1.54) is 0 Å². The van der Waals surface area contributed by atoms with E-state index in [-0.39, 0.29) is 19.1 Å². The highest BCUT2D eigenvalue weighted by Gasteiger charge is 2.26. The fourth-order valence-electron chi connectivity index (χ4n) is 1.44. The third-order valence-electron chi connectivity index (χ3n) is 2.35. The molecule has 5 heteroatoms. The SMILES string of the molecule is CC(OCCCC(F)(F)F)c1cccc(N)c1. The number of hydrogen-bond acceptors (Lipinski definition) is 2. The van der Waals surface area contributed by atoms with E-state index < -0.39 is 12.6 Å². The van der Waals surface area contributed by atoms with Gasteiger partial charge < -0.3 is 10.5 Å². The summed E-state index contributed by atoms with van der Waals surface area (Å²) in [6, 6.07) is 7.14. The maximum absolute atomic E-state index is 11.9. The molecule has 0 bridgehead atoms. The summed E-state index contributed by atoms with van der Waals surface area (Å²) in [5.74, 6) is 0. The van der Waals surface area contributed by atoms with E-state index in [9.17, 15) is 13.2 Å². The number of halogens is 3. The van der Waals surface area contributed by atoms with Crippen molar-refractivity contribution in [1.29, 1.82) is 0 Å². The molecule has 96 valence electrons. The lowest BCUT2D eigenvalue weighted by Gasteiger charge is -2.14. The van der Waals surface area contributed by atoms with E-state index in [1.807, 2.05) is 6.07 Å². The van der Waals surface area contributed by atoms with Crippen LogP contribution in [0.5, 0.6) is 0 Å². The maximum Gasteiger partial charge on any atom is 0.389 e. The molecule has 1 aromatic carbocycles. The van der Waals surface area contributed by atoms with E-state index in [0.717, 1.165) is 5.56 Å². The molecule has 1 rings (SSSR count). The summed E-state index contributed by atoms with van der Waals surface area (Å²) in [6.45, 7) is 1.89. The fraction of sp³-hybridized carbons (Fsp3) is 0.500. The largest absolute Gasteiger partial charge is 0.399 e. The van der Waals surface area contributed by atoms with Crippen molar-refractivity contribution in [3.8, 4) is 0 Å². The van der Waals surface area contributed by atoms with Gasteiger partial charge in [-0.1, -0.05) is 12.1 Å². The Morgan fingerprint density at radius 3 is 2.65 bits per heavy atom. The Bertz CT molecular complexity index is 352. The summed E-state index contributed by atoms with van der Waals surface area (Å²) < 4.78 is 41.0. The van der Waals surface area contributed by atoms with E-state index in [1.54, 1.807) is 25.1 Å². The highest BCUT2D eigenvalue weighted by molar-refractivity contribution is 5.41. The molecule has 0 spiro atoms. The average Bonchev–Trinajstić information content (AvgIpc) is 2.23. The Kier molecular flexibility index (Phi) is 4.81. The summed E-state index contributed by atoms with van der Waals surface area (Å²) in [7, 11) is 0. The first-order valence-electron chi connectivity index (χ1n) is 5.42. The summed E-state index contributed by atoms with van der Waals surface area (Å²) in [6.07, 6.45) is -5.18. The number of anilines is 1. The number of nitrogen functional groups attached to an aromatic ring is 1. The van der Waals surface area contributed by atoms with Crippen LogP contribution in [0.1, 0.15) is 31.4 Å². The summed E-state index contributed by atoms with van der Waals surface area (Å²) in [4.78, 5) is 0. The van der Waals surface area contributed by atoms with Gasteiger partial charge in [-0.15, -0.1) is 0 Å². The molecule has 2 nitrogen and oxygen atoms in total. The highest BCUT2D eigenvalue weighted by Crippen LogP contribution is 2.23. The van der Waals surface area contributed by atoms with Gasteiger partial charge in [-0.2, -0.15) is 13.2 Å². The summed E-state index contributed by atoms with van der Waals surface area (Å²) in [5, 5.41) is 0. The Morgan fingerprint density at radius 1 is 1.35 bits per heavy atom. The van der Waals surface area contributed by atoms with Gasteiger partial charge in [0.1, 0.15) is 0 Å². The zero-order chi connectivity index (χ0) is 12.9. The van der Waals surface area contributed by atoms with Crippen LogP contribution in [0.3, 0.4) is 0 Å². The third kappa shape index (κ3) is 5.58. The smallest absolute Gasteiger partial charge is 0.389 e. The molecule has 0 aliphatic rings. The lowest BCUT2D eigenvalue weighted by molar-refractivity contribution is -0.138. The van der Waals surface area contributed by atoms with Gasteiger partial charge >= 0.3 is 6.18 Å². The van der Waals surface area contributed by atoms with Crippen LogP contribution in [0.2, 0.25) is 0 Å². The molecular formula is C12H16F3NO. The number of ether oxygens (including phenoxy) is 1. The Balaban J connectivity index is 2.33. The minimum Gasteiger partial charge on any atom is -0.399 e. The molecule has 0 saturated heterocycles. The molecule has 0 fully saturated rings. The van der Waals surface area contributed by atoms with Crippen molar-refractivity contribution in [1.82, 2.24) is 0 Å². The molecule has 1 unspecified atom stereocenters. The topological polar surface area (TPSA) is 35.2 Å². The van der Waals surface area contributed by atoms with Crippen LogP contribution >= 0.6 is 0 Å². The third-order valence-corrected chi connectivity index (χ3v) is 2.35. The highest BCUT2D eigenvalue weighted by atomic mass is 19.4. The van der Waals surface area contributed by atoms with Gasteiger partial charge in [0.25, 0.3) is 0 Å². The molecule has 0 amide bonds. The molecule has 1 aromatic rings. The number of benzene rings is 1. The second kappa shape index (κ2) is 5.91. The quantitative estimate of drug-likeness (QED) is 0.636. The molecule has 0 aliphatic carbocycles. The summed E-state index contributed by atoms with van der Waals surface area (Å²) >= 11 is 0. The zero-order valence-electron chi connectivity index (χ0n) is 9.63. The standard InChI is InChI=1S/C12H16F3NO/c1-9(10-4-2-5-11(16)8-10)17-7-3-6-12(13,14)15/h2,4-5,8-9H,3,6-7,16H2,1H3. The van der Waals surface area contributed by atoms with Crippen molar-refractivity contribution in [3.05, 3.63) is 29.8 Å². The number of hydrogen-bond donors (Lipinski definition) is 1. The number of nitrogens with two attached hydrogens (primary N) is 1. The summed E-state index contributed by atoms with van der Waals surface area (Å²) in [5.41, 5.74) is 7.09. The Hall–Kier alpha value is -1.23. The second-order valence-corrected chi connectivity index (χ2v) is 3.90.